The molecule has 5 nitrogen and oxygen atoms in total. The Labute approximate surface area is 106 Å². The summed E-state index contributed by atoms with van der Waals surface area (Å²) in [5, 5.41) is 19.8. The number of para-hydroxylation sites is 1. The minimum Gasteiger partial charge on any atom is -0.493 e. The predicted molar refractivity (Wildman–Crippen MR) is 65.2 cm³/mol. The molecule has 18 heavy (non-hydrogen) atoms. The quantitative estimate of drug-likeness (QED) is 0.742. The lowest BCUT2D eigenvalue weighted by molar-refractivity contribution is -0.144. The van der Waals surface area contributed by atoms with Gasteiger partial charge in [0.05, 0.1) is 26.2 Å². The van der Waals surface area contributed by atoms with Crippen molar-refractivity contribution in [3.8, 4) is 5.75 Å². The van der Waals surface area contributed by atoms with Gasteiger partial charge in [0, 0.05) is 5.56 Å². The fourth-order valence-corrected chi connectivity index (χ4v) is 1.58. The Hall–Kier alpha value is -1.59. The smallest absolute Gasteiger partial charge is 0.308 e. The number of carbonyl (C=O) groups excluding carboxylic acids is 1. The van der Waals surface area contributed by atoms with Crippen molar-refractivity contribution >= 4 is 5.97 Å². The molecule has 100 valence electrons. The molecule has 0 amide bonds. The van der Waals surface area contributed by atoms with Crippen LogP contribution >= 0.6 is 0 Å². The maximum absolute atomic E-state index is 11.0. The first-order valence-electron chi connectivity index (χ1n) is 5.74. The summed E-state index contributed by atoms with van der Waals surface area (Å²) in [4.78, 5) is 11.0. The van der Waals surface area contributed by atoms with Crippen LogP contribution in [0.15, 0.2) is 24.3 Å². The van der Waals surface area contributed by atoms with E-state index in [1.54, 1.807) is 24.3 Å². The Morgan fingerprint density at radius 2 is 2.00 bits per heavy atom. The molecule has 1 aromatic rings. The highest BCUT2D eigenvalue weighted by Crippen LogP contribution is 2.28. The largest absolute Gasteiger partial charge is 0.493 e. The van der Waals surface area contributed by atoms with E-state index in [1.807, 2.05) is 6.92 Å². The molecule has 0 aromatic heterocycles. The molecule has 2 atom stereocenters. The topological polar surface area (TPSA) is 76.0 Å². The molecule has 0 saturated heterocycles. The molecule has 1 aromatic carbocycles. The lowest BCUT2D eigenvalue weighted by atomic mass is 10.0. The number of ether oxygens (including phenoxy) is 2. The van der Waals surface area contributed by atoms with Gasteiger partial charge in [-0.25, -0.2) is 0 Å². The Morgan fingerprint density at radius 3 is 2.61 bits per heavy atom. The van der Waals surface area contributed by atoms with E-state index < -0.39 is 18.2 Å². The van der Waals surface area contributed by atoms with E-state index in [0.29, 0.717) is 17.9 Å². The molecule has 0 saturated carbocycles. The van der Waals surface area contributed by atoms with Crippen molar-refractivity contribution in [1.29, 1.82) is 0 Å². The molecule has 0 spiro atoms. The normalized spacial score (nSPS) is 13.8. The van der Waals surface area contributed by atoms with E-state index in [-0.39, 0.29) is 6.42 Å². The van der Waals surface area contributed by atoms with Crippen molar-refractivity contribution < 1.29 is 24.5 Å². The Morgan fingerprint density at radius 1 is 1.33 bits per heavy atom. The lowest BCUT2D eigenvalue weighted by Gasteiger charge is -2.19. The Bertz CT molecular complexity index is 391. The number of esters is 1. The molecule has 5 heteroatoms. The molecular weight excluding hydrogens is 236 g/mol. The zero-order valence-electron chi connectivity index (χ0n) is 10.5. The van der Waals surface area contributed by atoms with Crippen LogP contribution in [-0.2, 0) is 9.53 Å². The van der Waals surface area contributed by atoms with Gasteiger partial charge in [0.1, 0.15) is 11.9 Å². The van der Waals surface area contributed by atoms with Gasteiger partial charge in [0.15, 0.2) is 0 Å². The summed E-state index contributed by atoms with van der Waals surface area (Å²) < 4.78 is 9.80. The number of carbonyl (C=O) groups is 1. The number of aliphatic hydroxyl groups is 2. The zero-order chi connectivity index (χ0) is 13.5. The maximum Gasteiger partial charge on any atom is 0.308 e. The van der Waals surface area contributed by atoms with Crippen LogP contribution in [0.3, 0.4) is 0 Å². The van der Waals surface area contributed by atoms with Crippen LogP contribution in [0.5, 0.6) is 5.75 Å². The Balaban J connectivity index is 2.82. The molecule has 0 bridgehead atoms. The van der Waals surface area contributed by atoms with Gasteiger partial charge in [-0.15, -0.1) is 0 Å². The summed E-state index contributed by atoms with van der Waals surface area (Å²) in [7, 11) is 1.23. The number of benzene rings is 1. The fourth-order valence-electron chi connectivity index (χ4n) is 1.58. The van der Waals surface area contributed by atoms with Gasteiger partial charge in [-0.1, -0.05) is 18.2 Å². The van der Waals surface area contributed by atoms with E-state index in [2.05, 4.69) is 4.74 Å². The van der Waals surface area contributed by atoms with E-state index in [9.17, 15) is 15.0 Å². The van der Waals surface area contributed by atoms with E-state index in [4.69, 9.17) is 4.74 Å². The van der Waals surface area contributed by atoms with Crippen LogP contribution in [0.2, 0.25) is 0 Å². The van der Waals surface area contributed by atoms with E-state index in [1.165, 1.54) is 7.11 Å². The van der Waals surface area contributed by atoms with Gasteiger partial charge < -0.3 is 19.7 Å². The SMILES string of the molecule is CCOc1ccccc1C(O)C(O)CC(=O)OC. The van der Waals surface area contributed by atoms with Crippen LogP contribution in [0.4, 0.5) is 0 Å². The predicted octanol–water partition coefficient (Wildman–Crippen LogP) is 1.04. The first-order valence-corrected chi connectivity index (χ1v) is 5.74. The summed E-state index contributed by atoms with van der Waals surface area (Å²) in [5.74, 6) is -0.0770. The van der Waals surface area contributed by atoms with Crippen molar-refractivity contribution in [2.75, 3.05) is 13.7 Å². The van der Waals surface area contributed by atoms with Crippen LogP contribution in [-0.4, -0.2) is 36.0 Å². The van der Waals surface area contributed by atoms with E-state index in [0.717, 1.165) is 0 Å². The fraction of sp³-hybridized carbons (Fsp3) is 0.462. The summed E-state index contributed by atoms with van der Waals surface area (Å²) in [6.45, 7) is 2.28. The summed E-state index contributed by atoms with van der Waals surface area (Å²) in [5.41, 5.74) is 0.454. The first kappa shape index (κ1) is 14.5. The van der Waals surface area contributed by atoms with Gasteiger partial charge in [-0.2, -0.15) is 0 Å². The highest BCUT2D eigenvalue weighted by Gasteiger charge is 2.24. The van der Waals surface area contributed by atoms with Gasteiger partial charge in [0.25, 0.3) is 0 Å². The van der Waals surface area contributed by atoms with Crippen molar-refractivity contribution in [1.82, 2.24) is 0 Å². The third-order valence-corrected chi connectivity index (χ3v) is 2.51. The highest BCUT2D eigenvalue weighted by atomic mass is 16.5. The lowest BCUT2D eigenvalue weighted by Crippen LogP contribution is -2.23. The minimum atomic E-state index is -1.22. The van der Waals surface area contributed by atoms with Crippen molar-refractivity contribution in [2.45, 2.75) is 25.6 Å². The van der Waals surface area contributed by atoms with Gasteiger partial charge >= 0.3 is 5.97 Å². The third kappa shape index (κ3) is 3.72. The monoisotopic (exact) mass is 254 g/mol. The van der Waals surface area contributed by atoms with Gasteiger partial charge in [-0.05, 0) is 13.0 Å². The molecule has 1 rings (SSSR count). The van der Waals surface area contributed by atoms with Gasteiger partial charge in [0.2, 0.25) is 0 Å². The first-order chi connectivity index (χ1) is 8.60. The summed E-state index contributed by atoms with van der Waals surface area (Å²) >= 11 is 0. The second-order valence-electron chi connectivity index (χ2n) is 3.76. The molecule has 0 radical (unpaired) electrons. The van der Waals surface area contributed by atoms with Crippen molar-refractivity contribution in [2.24, 2.45) is 0 Å². The molecule has 0 aliphatic heterocycles. The number of hydrogen-bond acceptors (Lipinski definition) is 5. The number of rotatable bonds is 6. The highest BCUT2D eigenvalue weighted by molar-refractivity contribution is 5.69. The Kier molecular flexibility index (Phi) is 5.61. The van der Waals surface area contributed by atoms with Crippen LogP contribution < -0.4 is 4.74 Å². The van der Waals surface area contributed by atoms with Crippen LogP contribution in [0, 0.1) is 0 Å². The average Bonchev–Trinajstić information content (AvgIpc) is 2.38. The van der Waals surface area contributed by atoms with Crippen LogP contribution in [0.1, 0.15) is 25.0 Å². The molecule has 2 N–H and O–H groups in total. The third-order valence-electron chi connectivity index (χ3n) is 2.51. The van der Waals surface area contributed by atoms with Crippen LogP contribution in [0.25, 0.3) is 0 Å². The second-order valence-corrected chi connectivity index (χ2v) is 3.76. The standard InChI is InChI=1S/C13H18O5/c1-3-18-11-7-5-4-6-9(11)13(16)10(14)8-12(15)17-2/h4-7,10,13-14,16H,3,8H2,1-2H3. The van der Waals surface area contributed by atoms with Crippen molar-refractivity contribution in [3.05, 3.63) is 29.8 Å². The molecule has 0 fully saturated rings. The van der Waals surface area contributed by atoms with Crippen molar-refractivity contribution in [3.63, 3.8) is 0 Å². The van der Waals surface area contributed by atoms with E-state index >= 15 is 0 Å². The summed E-state index contributed by atoms with van der Waals surface area (Å²) in [6, 6.07) is 6.85. The maximum atomic E-state index is 11.0. The molecular formula is C13H18O5. The second kappa shape index (κ2) is 6.98. The molecule has 0 aliphatic rings. The molecule has 2 unspecified atom stereocenters. The average molecular weight is 254 g/mol. The zero-order valence-corrected chi connectivity index (χ0v) is 10.5. The minimum absolute atomic E-state index is 0.266. The number of aliphatic hydroxyl groups excluding tert-OH is 2. The summed E-state index contributed by atoms with van der Waals surface area (Å²) in [6.07, 6.45) is -2.68. The van der Waals surface area contributed by atoms with Gasteiger partial charge in [-0.3, -0.25) is 4.79 Å². The number of methoxy groups -OCH3 is 1. The molecule has 0 aliphatic carbocycles. The number of hydrogen-bond donors (Lipinski definition) is 2. The molecule has 0 heterocycles.